The molecule has 2 aromatic rings. The van der Waals surface area contributed by atoms with Crippen LogP contribution in [0.1, 0.15) is 124 Å². The van der Waals surface area contributed by atoms with Gasteiger partial charge in [0.2, 0.25) is 0 Å². The van der Waals surface area contributed by atoms with Gasteiger partial charge in [0.05, 0.1) is 43.0 Å². The summed E-state index contributed by atoms with van der Waals surface area (Å²) in [7, 11) is 8.56. The van der Waals surface area contributed by atoms with Crippen molar-refractivity contribution in [3.63, 3.8) is 0 Å². The van der Waals surface area contributed by atoms with Crippen molar-refractivity contribution in [2.45, 2.75) is 205 Å². The van der Waals surface area contributed by atoms with Crippen molar-refractivity contribution in [2.75, 3.05) is 55.0 Å². The number of likely N-dealkylation sites (N-methyl/N-ethyl adjacent to an activating group) is 2. The molecule has 0 radical (unpaired) electrons. The molecule has 0 bridgehead atoms. The number of cyclic esters (lactones) is 1. The van der Waals surface area contributed by atoms with E-state index >= 15 is 0 Å². The molecule has 81 heavy (non-hydrogen) atoms. The lowest BCUT2D eigenvalue weighted by molar-refractivity contribution is -0.317. The van der Waals surface area contributed by atoms with E-state index in [1.54, 1.807) is 86.9 Å². The number of ether oxygens (including phenoxy) is 9. The van der Waals surface area contributed by atoms with E-state index in [0.717, 1.165) is 0 Å². The number of carbonyl (C=O) groups excluding carboxylic acids is 4. The van der Waals surface area contributed by atoms with Gasteiger partial charge in [0.15, 0.2) is 24.8 Å². The van der Waals surface area contributed by atoms with Gasteiger partial charge >= 0.3 is 18.2 Å². The van der Waals surface area contributed by atoms with Crippen LogP contribution in [0.15, 0.2) is 48.5 Å². The summed E-state index contributed by atoms with van der Waals surface area (Å²) in [6.07, 6.45) is -10.3. The number of aliphatic hydroxyl groups is 3. The minimum Gasteiger partial charge on any atom is -0.497 e. The number of carbonyl (C=O) groups is 4. The third kappa shape index (κ3) is 17.9. The quantitative estimate of drug-likeness (QED) is 0.0575. The number of nitrogens with one attached hydrogen (secondary N) is 3. The van der Waals surface area contributed by atoms with Gasteiger partial charge in [-0.3, -0.25) is 14.5 Å². The van der Waals surface area contributed by atoms with Gasteiger partial charge in [-0.05, 0) is 150 Å². The molecule has 0 unspecified atom stereocenters. The Bertz CT molecular complexity index is 2310. The third-order valence-corrected chi connectivity index (χ3v) is 16.5. The fourth-order valence-electron chi connectivity index (χ4n) is 11.7. The van der Waals surface area contributed by atoms with E-state index < -0.39 is 114 Å². The number of alkyl carbamates (subject to hydrolysis) is 2. The predicted molar refractivity (Wildman–Crippen MR) is 299 cm³/mol. The molecule has 0 aromatic heterocycles. The average Bonchev–Trinajstić information content (AvgIpc) is 3.56. The second kappa shape index (κ2) is 29.7. The van der Waals surface area contributed by atoms with Crippen LogP contribution >= 0.6 is 0 Å². The summed E-state index contributed by atoms with van der Waals surface area (Å²) < 4.78 is 70.0. The molecule has 18 atom stereocenters. The van der Waals surface area contributed by atoms with Gasteiger partial charge in [-0.1, -0.05) is 32.9 Å². The average molecular weight is 1150 g/mol. The Morgan fingerprint density at radius 2 is 1.44 bits per heavy atom. The first kappa shape index (κ1) is 67.0. The van der Waals surface area contributed by atoms with E-state index in [4.69, 9.17) is 42.6 Å². The van der Waals surface area contributed by atoms with E-state index in [2.05, 4.69) is 16.0 Å². The second-order valence-corrected chi connectivity index (χ2v) is 23.5. The summed E-state index contributed by atoms with van der Waals surface area (Å²) >= 11 is 0. The van der Waals surface area contributed by atoms with Crippen LogP contribution in [-0.2, 0) is 49.2 Å². The Morgan fingerprint density at radius 3 is 2.05 bits per heavy atom. The molecule has 0 saturated carbocycles. The van der Waals surface area contributed by atoms with Crippen molar-refractivity contribution < 1.29 is 81.5 Å². The molecule has 0 spiro atoms. The molecule has 22 heteroatoms. The molecule has 3 saturated heterocycles. The highest BCUT2D eigenvalue weighted by atomic mass is 19.1. The molecule has 458 valence electrons. The van der Waals surface area contributed by atoms with Gasteiger partial charge in [-0.25, -0.2) is 14.0 Å². The summed E-state index contributed by atoms with van der Waals surface area (Å²) in [6, 6.07) is 11.3. The van der Waals surface area contributed by atoms with Gasteiger partial charge in [-0.2, -0.15) is 0 Å². The normalized spacial score (nSPS) is 35.6. The molecule has 3 aliphatic heterocycles. The zero-order chi connectivity index (χ0) is 60.1. The second-order valence-electron chi connectivity index (χ2n) is 23.5. The first-order valence-corrected chi connectivity index (χ1v) is 28.5. The Morgan fingerprint density at radius 1 is 0.827 bits per heavy atom. The van der Waals surface area contributed by atoms with Crippen molar-refractivity contribution >= 4 is 24.1 Å². The standard InChI is InChI=1S/C59H94FN5O16/c1-16-45-59(10,72)50(80-56(70)63-32-40-19-23-42(60)24-20-40)38(6)65(13)33-34(2)30-57(8,71)49(79-54-47(66)44(64(11)12)29-35(3)75-54)36(4)48(37(5)53(68)77-45)78-46-31-58(9,74-15)51(39(7)76-46)81-55(69)62-28-18-17-27-61-52(67)41-21-25-43(73-14)26-22-41/h19-26,34-39,44-51,54,66,71-72H,16-18,27-33H2,1-15H3,(H,61,67)(H,62,69)(H,63,70)/t34-,35-,36+,37-,38-,39+,44+,45-,46+,47-,48+,49-,50-,51+,54+,57-,58-,59-/m1/s1. The summed E-state index contributed by atoms with van der Waals surface area (Å²) in [5, 5.41) is 45.8. The lowest BCUT2D eigenvalue weighted by atomic mass is 9.77. The van der Waals surface area contributed by atoms with E-state index in [9.17, 15) is 38.9 Å². The van der Waals surface area contributed by atoms with Crippen molar-refractivity contribution in [3.8, 4) is 5.75 Å². The van der Waals surface area contributed by atoms with Gasteiger partial charge in [0, 0.05) is 63.3 Å². The monoisotopic (exact) mass is 1150 g/mol. The van der Waals surface area contributed by atoms with Crippen LogP contribution < -0.4 is 20.7 Å². The number of unbranched alkanes of at least 4 members (excludes halogenated alkanes) is 1. The molecule has 0 aliphatic carbocycles. The number of esters is 1. The maximum absolute atomic E-state index is 15.0. The molecule has 3 amide bonds. The van der Waals surface area contributed by atoms with Crippen LogP contribution in [0.4, 0.5) is 14.0 Å². The highest BCUT2D eigenvalue weighted by Crippen LogP contribution is 2.41. The number of amides is 3. The molecular weight excluding hydrogens is 1050 g/mol. The summed E-state index contributed by atoms with van der Waals surface area (Å²) in [5.41, 5.74) is -3.81. The molecule has 21 nitrogen and oxygen atoms in total. The third-order valence-electron chi connectivity index (χ3n) is 16.5. The number of hydrogen-bond acceptors (Lipinski definition) is 18. The molecule has 3 aliphatic rings. The van der Waals surface area contributed by atoms with Crippen LogP contribution in [0.2, 0.25) is 0 Å². The number of benzene rings is 2. The van der Waals surface area contributed by atoms with Crippen molar-refractivity contribution in [1.29, 1.82) is 0 Å². The Kier molecular flexibility index (Phi) is 24.6. The topological polar surface area (TPSA) is 255 Å². The highest BCUT2D eigenvalue weighted by Gasteiger charge is 2.54. The minimum absolute atomic E-state index is 0.00238. The van der Waals surface area contributed by atoms with Crippen LogP contribution in [0.3, 0.4) is 0 Å². The molecule has 6 N–H and O–H groups in total. The zero-order valence-electron chi connectivity index (χ0n) is 50.3. The fourth-order valence-corrected chi connectivity index (χ4v) is 11.7. The number of methoxy groups -OCH3 is 2. The van der Waals surface area contributed by atoms with Crippen LogP contribution in [0, 0.1) is 23.6 Å². The summed E-state index contributed by atoms with van der Waals surface area (Å²) in [6.45, 7) is 18.3. The minimum atomic E-state index is -2.00. The van der Waals surface area contributed by atoms with Crippen molar-refractivity contribution in [3.05, 3.63) is 65.5 Å². The Labute approximate surface area is 478 Å². The lowest BCUT2D eigenvalue weighted by Crippen LogP contribution is -2.61. The van der Waals surface area contributed by atoms with Gasteiger partial charge < -0.3 is 78.8 Å². The van der Waals surface area contributed by atoms with Crippen LogP contribution in [-0.4, -0.2) is 194 Å². The van der Waals surface area contributed by atoms with E-state index in [1.807, 2.05) is 37.7 Å². The zero-order valence-corrected chi connectivity index (χ0v) is 50.3. The van der Waals surface area contributed by atoms with E-state index in [1.165, 1.54) is 38.3 Å². The number of hydrogen-bond donors (Lipinski definition) is 6. The largest absolute Gasteiger partial charge is 0.497 e. The summed E-state index contributed by atoms with van der Waals surface area (Å²) in [5.74, 6) is -3.18. The lowest BCUT2D eigenvalue weighted by Gasteiger charge is -2.49. The SMILES string of the molecule is CC[C@H]1OC(=O)[C@H](C)[C@@H](O[C@H]2C[C@@](C)(OC)[C@@H](OC(=O)NCCCCNC(=O)c3ccc(OC)cc3)[C@H](C)O2)[C@H](C)[C@@H](O[C@@H]2O[C@H](C)C[C@H](N(C)C)[C@H]2O)[C@](C)(O)C[C@@H](C)CN(C)[C@H](C)[C@@H](OC(=O)NCc2ccc(F)cc2)[C@]1(C)O. The summed E-state index contributed by atoms with van der Waals surface area (Å²) in [4.78, 5) is 58.4. The number of halogens is 1. The first-order chi connectivity index (χ1) is 38.0. The molecule has 5 rings (SSSR count). The van der Waals surface area contributed by atoms with Gasteiger partial charge in [0.25, 0.3) is 5.91 Å². The smallest absolute Gasteiger partial charge is 0.407 e. The highest BCUT2D eigenvalue weighted by molar-refractivity contribution is 5.94. The van der Waals surface area contributed by atoms with E-state index in [0.29, 0.717) is 49.2 Å². The van der Waals surface area contributed by atoms with Crippen molar-refractivity contribution in [1.82, 2.24) is 25.8 Å². The van der Waals surface area contributed by atoms with Gasteiger partial charge in [0.1, 0.15) is 35.0 Å². The number of aliphatic hydroxyl groups excluding tert-OH is 1. The number of rotatable bonds is 18. The number of nitrogens with zero attached hydrogens (tertiary/aromatic N) is 2. The Hall–Kier alpha value is -4.75. The van der Waals surface area contributed by atoms with Crippen molar-refractivity contribution in [2.24, 2.45) is 17.8 Å². The molecule has 3 heterocycles. The van der Waals surface area contributed by atoms with Crippen LogP contribution in [0.25, 0.3) is 0 Å². The predicted octanol–water partition coefficient (Wildman–Crippen LogP) is 5.93. The molecule has 2 aromatic carbocycles. The first-order valence-electron chi connectivity index (χ1n) is 28.5. The van der Waals surface area contributed by atoms with Gasteiger partial charge in [-0.15, -0.1) is 0 Å². The molecular formula is C59H94FN5O16. The van der Waals surface area contributed by atoms with Crippen LogP contribution in [0.5, 0.6) is 5.75 Å². The maximum Gasteiger partial charge on any atom is 0.407 e. The fraction of sp³-hybridized carbons (Fsp3) is 0.729. The van der Waals surface area contributed by atoms with E-state index in [-0.39, 0.29) is 56.3 Å². The maximum atomic E-state index is 15.0. The molecule has 3 fully saturated rings. The Balaban J connectivity index is 1.42.